The predicted octanol–water partition coefficient (Wildman–Crippen LogP) is 4.85. The van der Waals surface area contributed by atoms with Gasteiger partial charge in [0.2, 0.25) is 0 Å². The Morgan fingerprint density at radius 1 is 1.12 bits per heavy atom. The van der Waals surface area contributed by atoms with Crippen molar-refractivity contribution < 1.29 is 13.9 Å². The molecule has 4 nitrogen and oxygen atoms in total. The summed E-state index contributed by atoms with van der Waals surface area (Å²) in [7, 11) is 3.41. The third-order valence-electron chi connectivity index (χ3n) is 3.98. The standard InChI is InChI=1S/C21H21NO3S/c1-22(14-16-7-6-8-18(13-16)24-2)21(23)20-17(11-12-25-20)15-26-19-9-4-3-5-10-19/h3-13H,14-15H2,1-2H3. The Labute approximate surface area is 157 Å². The minimum absolute atomic E-state index is 0.124. The summed E-state index contributed by atoms with van der Waals surface area (Å²) in [5.74, 6) is 1.75. The van der Waals surface area contributed by atoms with Gasteiger partial charge in [0.05, 0.1) is 13.4 Å². The highest BCUT2D eigenvalue weighted by atomic mass is 32.2. The first-order chi connectivity index (χ1) is 12.7. The molecule has 1 heterocycles. The number of nitrogens with zero attached hydrogens (tertiary/aromatic N) is 1. The minimum atomic E-state index is -0.124. The summed E-state index contributed by atoms with van der Waals surface area (Å²) in [6.07, 6.45) is 1.58. The zero-order chi connectivity index (χ0) is 18.4. The molecule has 0 radical (unpaired) electrons. The Kier molecular flexibility index (Phi) is 6.02. The van der Waals surface area contributed by atoms with E-state index < -0.39 is 0 Å². The van der Waals surface area contributed by atoms with Crippen molar-refractivity contribution in [3.05, 3.63) is 83.8 Å². The van der Waals surface area contributed by atoms with Gasteiger partial charge in [0.25, 0.3) is 5.91 Å². The summed E-state index contributed by atoms with van der Waals surface area (Å²) in [6.45, 7) is 0.488. The second kappa shape index (κ2) is 8.63. The van der Waals surface area contributed by atoms with Gasteiger partial charge in [-0.25, -0.2) is 0 Å². The van der Waals surface area contributed by atoms with Crippen LogP contribution < -0.4 is 4.74 Å². The third-order valence-corrected chi connectivity index (χ3v) is 5.04. The van der Waals surface area contributed by atoms with Crippen LogP contribution in [0.25, 0.3) is 0 Å². The van der Waals surface area contributed by atoms with Crippen molar-refractivity contribution in [3.8, 4) is 5.75 Å². The number of ether oxygens (including phenoxy) is 1. The van der Waals surface area contributed by atoms with E-state index in [1.807, 2.05) is 48.5 Å². The Bertz CT molecular complexity index is 860. The lowest BCUT2D eigenvalue weighted by Crippen LogP contribution is -2.26. The normalized spacial score (nSPS) is 10.5. The molecule has 0 unspecified atom stereocenters. The van der Waals surface area contributed by atoms with E-state index in [1.54, 1.807) is 37.1 Å². The molecule has 0 aliphatic rings. The second-order valence-corrected chi connectivity index (χ2v) is 6.94. The zero-order valence-electron chi connectivity index (χ0n) is 14.8. The van der Waals surface area contributed by atoms with Gasteiger partial charge in [-0.3, -0.25) is 4.79 Å². The first kappa shape index (κ1) is 18.1. The SMILES string of the molecule is COc1cccc(CN(C)C(=O)c2occc2CSc2ccccc2)c1. The lowest BCUT2D eigenvalue weighted by molar-refractivity contribution is 0.0752. The molecule has 0 saturated heterocycles. The number of hydrogen-bond donors (Lipinski definition) is 0. The van der Waals surface area contributed by atoms with Gasteiger partial charge in [-0.1, -0.05) is 30.3 Å². The lowest BCUT2D eigenvalue weighted by Gasteiger charge is -2.17. The Hall–Kier alpha value is -2.66. The number of hydrogen-bond acceptors (Lipinski definition) is 4. The Balaban J connectivity index is 1.66. The largest absolute Gasteiger partial charge is 0.497 e. The molecule has 3 aromatic rings. The van der Waals surface area contributed by atoms with E-state index >= 15 is 0 Å². The topological polar surface area (TPSA) is 42.7 Å². The lowest BCUT2D eigenvalue weighted by atomic mass is 10.2. The maximum atomic E-state index is 12.8. The number of carbonyl (C=O) groups is 1. The van der Waals surface area contributed by atoms with E-state index in [0.29, 0.717) is 18.1 Å². The smallest absolute Gasteiger partial charge is 0.289 e. The van der Waals surface area contributed by atoms with E-state index in [2.05, 4.69) is 12.1 Å². The number of furan rings is 1. The van der Waals surface area contributed by atoms with Crippen molar-refractivity contribution in [3.63, 3.8) is 0 Å². The monoisotopic (exact) mass is 367 g/mol. The van der Waals surface area contributed by atoms with Crippen molar-refractivity contribution in [1.29, 1.82) is 0 Å². The molecule has 0 fully saturated rings. The van der Waals surface area contributed by atoms with Crippen LogP contribution in [-0.2, 0) is 12.3 Å². The van der Waals surface area contributed by atoms with Gasteiger partial charge in [0, 0.05) is 29.8 Å². The molecule has 134 valence electrons. The first-order valence-corrected chi connectivity index (χ1v) is 9.28. The van der Waals surface area contributed by atoms with E-state index in [0.717, 1.165) is 21.8 Å². The van der Waals surface area contributed by atoms with Crippen LogP contribution in [0, 0.1) is 0 Å². The van der Waals surface area contributed by atoms with Crippen molar-refractivity contribution in [2.45, 2.75) is 17.2 Å². The molecule has 0 saturated carbocycles. The fourth-order valence-electron chi connectivity index (χ4n) is 2.60. The van der Waals surface area contributed by atoms with Crippen LogP contribution in [0.4, 0.5) is 0 Å². The summed E-state index contributed by atoms with van der Waals surface area (Å²) in [4.78, 5) is 15.6. The van der Waals surface area contributed by atoms with E-state index in [-0.39, 0.29) is 5.91 Å². The summed E-state index contributed by atoms with van der Waals surface area (Å²) >= 11 is 1.68. The van der Waals surface area contributed by atoms with Gasteiger partial charge in [-0.05, 0) is 35.9 Å². The molecule has 0 aliphatic heterocycles. The summed E-state index contributed by atoms with van der Waals surface area (Å²) in [6, 6.07) is 19.7. The Morgan fingerprint density at radius 3 is 2.69 bits per heavy atom. The number of methoxy groups -OCH3 is 1. The highest BCUT2D eigenvalue weighted by Gasteiger charge is 2.20. The molecule has 0 N–H and O–H groups in total. The quantitative estimate of drug-likeness (QED) is 0.560. The summed E-state index contributed by atoms with van der Waals surface area (Å²) in [5.41, 5.74) is 1.91. The molecule has 0 aliphatic carbocycles. The van der Waals surface area contributed by atoms with Crippen molar-refractivity contribution >= 4 is 17.7 Å². The van der Waals surface area contributed by atoms with Gasteiger partial charge < -0.3 is 14.1 Å². The molecule has 5 heteroatoms. The number of amides is 1. The molecule has 0 atom stereocenters. The van der Waals surface area contributed by atoms with Crippen LogP contribution in [-0.4, -0.2) is 25.0 Å². The van der Waals surface area contributed by atoms with Crippen LogP contribution in [0.2, 0.25) is 0 Å². The molecule has 0 spiro atoms. The van der Waals surface area contributed by atoms with Crippen LogP contribution in [0.15, 0.2) is 76.2 Å². The maximum Gasteiger partial charge on any atom is 0.289 e. The van der Waals surface area contributed by atoms with Crippen LogP contribution in [0.5, 0.6) is 5.75 Å². The number of rotatable bonds is 7. The highest BCUT2D eigenvalue weighted by molar-refractivity contribution is 7.98. The number of thioether (sulfide) groups is 1. The zero-order valence-corrected chi connectivity index (χ0v) is 15.7. The van der Waals surface area contributed by atoms with Gasteiger partial charge in [-0.2, -0.15) is 0 Å². The molecule has 3 rings (SSSR count). The summed E-state index contributed by atoms with van der Waals surface area (Å²) < 4.78 is 10.7. The fourth-order valence-corrected chi connectivity index (χ4v) is 3.50. The van der Waals surface area contributed by atoms with Gasteiger partial charge in [0.15, 0.2) is 5.76 Å². The van der Waals surface area contributed by atoms with E-state index in [1.165, 1.54) is 0 Å². The highest BCUT2D eigenvalue weighted by Crippen LogP contribution is 2.25. The van der Waals surface area contributed by atoms with Gasteiger partial charge >= 0.3 is 0 Å². The number of carbonyl (C=O) groups excluding carboxylic acids is 1. The second-order valence-electron chi connectivity index (χ2n) is 5.89. The van der Waals surface area contributed by atoms with Crippen molar-refractivity contribution in [1.82, 2.24) is 4.90 Å². The molecule has 0 bridgehead atoms. The summed E-state index contributed by atoms with van der Waals surface area (Å²) in [5, 5.41) is 0. The molecule has 1 aromatic heterocycles. The molecule has 2 aromatic carbocycles. The van der Waals surface area contributed by atoms with E-state index in [4.69, 9.17) is 9.15 Å². The molecular formula is C21H21NO3S. The van der Waals surface area contributed by atoms with Crippen LogP contribution in [0.3, 0.4) is 0 Å². The van der Waals surface area contributed by atoms with Gasteiger partial charge in [0.1, 0.15) is 5.75 Å². The van der Waals surface area contributed by atoms with Crippen LogP contribution >= 0.6 is 11.8 Å². The Morgan fingerprint density at radius 2 is 1.92 bits per heavy atom. The minimum Gasteiger partial charge on any atom is -0.497 e. The average molecular weight is 367 g/mol. The fraction of sp³-hybridized carbons (Fsp3) is 0.190. The molecular weight excluding hydrogens is 346 g/mol. The number of benzene rings is 2. The molecule has 1 amide bonds. The molecule has 26 heavy (non-hydrogen) atoms. The van der Waals surface area contributed by atoms with Crippen molar-refractivity contribution in [2.75, 3.05) is 14.2 Å². The first-order valence-electron chi connectivity index (χ1n) is 8.30. The predicted molar refractivity (Wildman–Crippen MR) is 104 cm³/mol. The average Bonchev–Trinajstić information content (AvgIpc) is 3.15. The maximum absolute atomic E-state index is 12.8. The van der Waals surface area contributed by atoms with Crippen LogP contribution in [0.1, 0.15) is 21.7 Å². The van der Waals surface area contributed by atoms with E-state index in [9.17, 15) is 4.79 Å². The van der Waals surface area contributed by atoms with Gasteiger partial charge in [-0.15, -0.1) is 11.8 Å². The van der Waals surface area contributed by atoms with Crippen molar-refractivity contribution in [2.24, 2.45) is 0 Å². The third kappa shape index (κ3) is 4.49.